The van der Waals surface area contributed by atoms with E-state index < -0.39 is 5.97 Å². The fourth-order valence-electron chi connectivity index (χ4n) is 1.94. The number of hydrogen-bond acceptors (Lipinski definition) is 3. The molecule has 0 spiro atoms. The molecule has 0 aromatic heterocycles. The third-order valence-electron chi connectivity index (χ3n) is 2.77. The van der Waals surface area contributed by atoms with Crippen LogP contribution in [0.1, 0.15) is 19.8 Å². The molecule has 16 heavy (non-hydrogen) atoms. The molecule has 90 valence electrons. The van der Waals surface area contributed by atoms with Gasteiger partial charge in [0.1, 0.15) is 0 Å². The van der Waals surface area contributed by atoms with Gasteiger partial charge in [-0.1, -0.05) is 0 Å². The molecule has 4 heteroatoms. The predicted molar refractivity (Wildman–Crippen MR) is 63.2 cm³/mol. The monoisotopic (exact) mass is 224 g/mol. The van der Waals surface area contributed by atoms with Crippen LogP contribution in [-0.4, -0.2) is 60.1 Å². The third-order valence-corrected chi connectivity index (χ3v) is 2.77. The first kappa shape index (κ1) is 13.0. The summed E-state index contributed by atoms with van der Waals surface area (Å²) in [6.07, 6.45) is 1.96. The van der Waals surface area contributed by atoms with Crippen LogP contribution in [0.15, 0.2) is 0 Å². The molecule has 1 fully saturated rings. The standard InChI is InChI=1S/C12H20N2O2/c1-2-3-4-6-13-7-5-8-14(10-9-13)11-12(15)16/h4-11H2,1H3,(H,15,16). The first-order chi connectivity index (χ1) is 7.72. The Morgan fingerprint density at radius 2 is 1.94 bits per heavy atom. The van der Waals surface area contributed by atoms with Gasteiger partial charge in [-0.25, -0.2) is 0 Å². The summed E-state index contributed by atoms with van der Waals surface area (Å²) in [7, 11) is 0. The van der Waals surface area contributed by atoms with Crippen LogP contribution in [0.5, 0.6) is 0 Å². The van der Waals surface area contributed by atoms with Crippen molar-refractivity contribution in [2.24, 2.45) is 0 Å². The van der Waals surface area contributed by atoms with Gasteiger partial charge in [-0.2, -0.15) is 0 Å². The molecule has 1 N–H and O–H groups in total. The molecule has 1 heterocycles. The maximum absolute atomic E-state index is 10.6. The molecule has 0 saturated carbocycles. The van der Waals surface area contributed by atoms with Crippen LogP contribution < -0.4 is 0 Å². The quantitative estimate of drug-likeness (QED) is 0.706. The maximum atomic E-state index is 10.6. The number of carboxylic acid groups (broad SMARTS) is 1. The molecule has 0 amide bonds. The van der Waals surface area contributed by atoms with Gasteiger partial charge in [-0.15, -0.1) is 11.8 Å². The van der Waals surface area contributed by atoms with Gasteiger partial charge in [0.15, 0.2) is 0 Å². The van der Waals surface area contributed by atoms with Crippen LogP contribution in [0.4, 0.5) is 0 Å². The molecule has 1 rings (SSSR count). The Morgan fingerprint density at radius 3 is 2.62 bits per heavy atom. The second-order valence-corrected chi connectivity index (χ2v) is 4.04. The van der Waals surface area contributed by atoms with E-state index in [0.717, 1.165) is 45.6 Å². The Morgan fingerprint density at radius 1 is 1.25 bits per heavy atom. The van der Waals surface area contributed by atoms with E-state index in [0.29, 0.717) is 0 Å². The van der Waals surface area contributed by atoms with E-state index >= 15 is 0 Å². The minimum absolute atomic E-state index is 0.169. The van der Waals surface area contributed by atoms with Crippen LogP contribution in [0, 0.1) is 11.8 Å². The number of carboxylic acids is 1. The minimum Gasteiger partial charge on any atom is -0.480 e. The van der Waals surface area contributed by atoms with Crippen molar-refractivity contribution < 1.29 is 9.90 Å². The number of hydrogen-bond donors (Lipinski definition) is 1. The Labute approximate surface area is 97.2 Å². The van der Waals surface area contributed by atoms with E-state index in [-0.39, 0.29) is 6.54 Å². The van der Waals surface area contributed by atoms with Gasteiger partial charge in [0, 0.05) is 32.6 Å². The van der Waals surface area contributed by atoms with Crippen LogP contribution >= 0.6 is 0 Å². The van der Waals surface area contributed by atoms with E-state index in [1.54, 1.807) is 0 Å². The molecule has 1 saturated heterocycles. The first-order valence-corrected chi connectivity index (χ1v) is 5.78. The van der Waals surface area contributed by atoms with E-state index in [9.17, 15) is 4.79 Å². The van der Waals surface area contributed by atoms with Crippen molar-refractivity contribution in [2.75, 3.05) is 39.3 Å². The highest BCUT2D eigenvalue weighted by Gasteiger charge is 2.15. The van der Waals surface area contributed by atoms with Crippen LogP contribution in [0.2, 0.25) is 0 Å². The number of rotatable bonds is 4. The molecule has 0 unspecified atom stereocenters. The van der Waals surface area contributed by atoms with Crippen molar-refractivity contribution in [2.45, 2.75) is 19.8 Å². The van der Waals surface area contributed by atoms with E-state index in [2.05, 4.69) is 16.7 Å². The molecule has 4 nitrogen and oxygen atoms in total. The lowest BCUT2D eigenvalue weighted by molar-refractivity contribution is -0.138. The lowest BCUT2D eigenvalue weighted by Gasteiger charge is -2.19. The molecule has 0 aromatic carbocycles. The number of aliphatic carboxylic acids is 1. The van der Waals surface area contributed by atoms with Gasteiger partial charge < -0.3 is 10.0 Å². The van der Waals surface area contributed by atoms with E-state index in [1.165, 1.54) is 0 Å². The second-order valence-electron chi connectivity index (χ2n) is 4.04. The zero-order valence-corrected chi connectivity index (χ0v) is 9.91. The topological polar surface area (TPSA) is 43.8 Å². The van der Waals surface area contributed by atoms with Gasteiger partial charge >= 0.3 is 5.97 Å². The molecule has 0 radical (unpaired) electrons. The Kier molecular flexibility index (Phi) is 5.91. The van der Waals surface area contributed by atoms with Crippen molar-refractivity contribution >= 4 is 5.97 Å². The summed E-state index contributed by atoms with van der Waals surface area (Å²) in [5.74, 6) is 5.22. The third kappa shape index (κ3) is 5.15. The van der Waals surface area contributed by atoms with Gasteiger partial charge in [-0.3, -0.25) is 9.69 Å². The molecule has 0 atom stereocenters. The van der Waals surface area contributed by atoms with Crippen molar-refractivity contribution in [1.29, 1.82) is 0 Å². The molecular formula is C12H20N2O2. The summed E-state index contributed by atoms with van der Waals surface area (Å²) in [6, 6.07) is 0. The second kappa shape index (κ2) is 7.26. The van der Waals surface area contributed by atoms with Gasteiger partial charge in [0.25, 0.3) is 0 Å². The van der Waals surface area contributed by atoms with Crippen LogP contribution in [0.3, 0.4) is 0 Å². The smallest absolute Gasteiger partial charge is 0.317 e. The molecule has 0 aromatic rings. The summed E-state index contributed by atoms with van der Waals surface area (Å²) in [5.41, 5.74) is 0. The van der Waals surface area contributed by atoms with Gasteiger partial charge in [-0.05, 0) is 19.9 Å². The van der Waals surface area contributed by atoms with Gasteiger partial charge in [0.05, 0.1) is 6.54 Å². The minimum atomic E-state index is -0.731. The normalized spacial score (nSPS) is 18.6. The summed E-state index contributed by atoms with van der Waals surface area (Å²) in [5, 5.41) is 8.72. The zero-order chi connectivity index (χ0) is 11.8. The molecular weight excluding hydrogens is 204 g/mol. The Bertz CT molecular complexity index is 280. The lowest BCUT2D eigenvalue weighted by Crippen LogP contribution is -2.34. The summed E-state index contributed by atoms with van der Waals surface area (Å²) in [6.45, 7) is 6.79. The number of nitrogens with zero attached hydrogens (tertiary/aromatic N) is 2. The molecule has 1 aliphatic heterocycles. The van der Waals surface area contributed by atoms with E-state index in [1.807, 2.05) is 11.8 Å². The first-order valence-electron chi connectivity index (χ1n) is 5.78. The summed E-state index contributed by atoms with van der Waals surface area (Å²) >= 11 is 0. The fourth-order valence-corrected chi connectivity index (χ4v) is 1.94. The average molecular weight is 224 g/mol. The lowest BCUT2D eigenvalue weighted by atomic mass is 10.3. The summed E-state index contributed by atoms with van der Waals surface area (Å²) in [4.78, 5) is 15.0. The van der Waals surface area contributed by atoms with Crippen molar-refractivity contribution in [3.05, 3.63) is 0 Å². The highest BCUT2D eigenvalue weighted by molar-refractivity contribution is 5.69. The largest absolute Gasteiger partial charge is 0.480 e. The zero-order valence-electron chi connectivity index (χ0n) is 9.91. The molecule has 0 aliphatic carbocycles. The van der Waals surface area contributed by atoms with Crippen molar-refractivity contribution in [3.8, 4) is 11.8 Å². The summed E-state index contributed by atoms with van der Waals surface area (Å²) < 4.78 is 0. The predicted octanol–water partition coefficient (Wildman–Crippen LogP) is 0.492. The SMILES string of the molecule is CC#CCCN1CCCN(CC(=O)O)CC1. The van der Waals surface area contributed by atoms with Crippen molar-refractivity contribution in [3.63, 3.8) is 0 Å². The van der Waals surface area contributed by atoms with Crippen LogP contribution in [0.25, 0.3) is 0 Å². The average Bonchev–Trinajstić information content (AvgIpc) is 2.44. The Hall–Kier alpha value is -1.05. The highest BCUT2D eigenvalue weighted by atomic mass is 16.4. The molecule has 1 aliphatic rings. The fraction of sp³-hybridized carbons (Fsp3) is 0.750. The van der Waals surface area contributed by atoms with E-state index in [4.69, 9.17) is 5.11 Å². The highest BCUT2D eigenvalue weighted by Crippen LogP contribution is 2.03. The van der Waals surface area contributed by atoms with Crippen LogP contribution in [-0.2, 0) is 4.79 Å². The number of carbonyl (C=O) groups is 1. The maximum Gasteiger partial charge on any atom is 0.317 e. The molecule has 0 bridgehead atoms. The van der Waals surface area contributed by atoms with Crippen molar-refractivity contribution in [1.82, 2.24) is 9.80 Å². The Balaban J connectivity index is 2.27. The van der Waals surface area contributed by atoms with Gasteiger partial charge in [0.2, 0.25) is 0 Å².